The zero-order valence-corrected chi connectivity index (χ0v) is 22.5. The summed E-state index contributed by atoms with van der Waals surface area (Å²) in [7, 11) is 1.43. The molecule has 1 aliphatic heterocycles. The molecule has 3 aromatic carbocycles. The fourth-order valence-corrected chi connectivity index (χ4v) is 4.80. The first-order chi connectivity index (χ1) is 19.5. The second-order valence-corrected chi connectivity index (χ2v) is 9.76. The molecule has 0 saturated heterocycles. The molecule has 1 heterocycles. The third-order valence-electron chi connectivity index (χ3n) is 6.60. The van der Waals surface area contributed by atoms with Crippen molar-refractivity contribution in [3.05, 3.63) is 94.5 Å². The van der Waals surface area contributed by atoms with E-state index in [0.29, 0.717) is 33.3 Å². The van der Waals surface area contributed by atoms with Gasteiger partial charge in [0.05, 0.1) is 30.3 Å². The number of carbonyl (C=O) groups is 3. The van der Waals surface area contributed by atoms with Crippen LogP contribution in [0.2, 0.25) is 5.02 Å². The van der Waals surface area contributed by atoms with E-state index in [9.17, 15) is 27.6 Å². The highest BCUT2D eigenvalue weighted by atomic mass is 35.5. The van der Waals surface area contributed by atoms with Gasteiger partial charge in [-0.05, 0) is 30.2 Å². The molecule has 0 spiro atoms. The number of primary amides is 1. The van der Waals surface area contributed by atoms with E-state index in [1.807, 2.05) is 0 Å². The Morgan fingerprint density at radius 3 is 2.37 bits per heavy atom. The fourth-order valence-electron chi connectivity index (χ4n) is 4.68. The van der Waals surface area contributed by atoms with E-state index in [0.717, 1.165) is 0 Å². The third kappa shape index (κ3) is 7.04. The van der Waals surface area contributed by atoms with Crippen molar-refractivity contribution in [2.45, 2.75) is 31.1 Å². The van der Waals surface area contributed by atoms with E-state index in [-0.39, 0.29) is 5.56 Å². The van der Waals surface area contributed by atoms with Crippen LogP contribution in [0.3, 0.4) is 0 Å². The summed E-state index contributed by atoms with van der Waals surface area (Å²) in [6, 6.07) is 19.6. The molecular weight excluding hydrogens is 561 g/mol. The SMILES string of the molecule is COc1cccc2c1NC(=O)[C@@H](NC(=O)[C@H](CCC(F)(F)F)[C@@H](C(N)=O)c1ccc(Cl)cc1)N=C2c1ccccc1. The summed E-state index contributed by atoms with van der Waals surface area (Å²) in [6.45, 7) is 0. The maximum atomic E-state index is 13.6. The van der Waals surface area contributed by atoms with Crippen molar-refractivity contribution in [3.8, 4) is 5.75 Å². The molecule has 0 aliphatic carbocycles. The highest BCUT2D eigenvalue weighted by Crippen LogP contribution is 2.35. The van der Waals surface area contributed by atoms with Gasteiger partial charge in [-0.15, -0.1) is 0 Å². The number of nitrogens with two attached hydrogens (primary N) is 1. The summed E-state index contributed by atoms with van der Waals surface area (Å²) in [5.74, 6) is -5.43. The topological polar surface area (TPSA) is 123 Å². The van der Waals surface area contributed by atoms with Crippen molar-refractivity contribution in [3.63, 3.8) is 0 Å². The number of rotatable bonds is 9. The number of para-hydroxylation sites is 1. The van der Waals surface area contributed by atoms with Crippen LogP contribution in [0, 0.1) is 5.92 Å². The number of benzene rings is 3. The molecule has 8 nitrogen and oxygen atoms in total. The van der Waals surface area contributed by atoms with Crippen LogP contribution in [-0.4, -0.2) is 42.9 Å². The first-order valence-electron chi connectivity index (χ1n) is 12.5. The van der Waals surface area contributed by atoms with E-state index in [1.165, 1.54) is 31.4 Å². The van der Waals surface area contributed by atoms with E-state index >= 15 is 0 Å². The Hall–Kier alpha value is -4.38. The van der Waals surface area contributed by atoms with E-state index in [1.54, 1.807) is 48.5 Å². The highest BCUT2D eigenvalue weighted by Gasteiger charge is 2.39. The van der Waals surface area contributed by atoms with Crippen molar-refractivity contribution in [1.29, 1.82) is 0 Å². The average molecular weight is 587 g/mol. The number of methoxy groups -OCH3 is 1. The zero-order chi connectivity index (χ0) is 29.7. The lowest BCUT2D eigenvalue weighted by Gasteiger charge is -2.26. The maximum absolute atomic E-state index is 13.6. The van der Waals surface area contributed by atoms with Crippen LogP contribution in [0.4, 0.5) is 18.9 Å². The Morgan fingerprint density at radius 2 is 1.76 bits per heavy atom. The Morgan fingerprint density at radius 1 is 1.07 bits per heavy atom. The van der Waals surface area contributed by atoms with Crippen molar-refractivity contribution in [1.82, 2.24) is 5.32 Å². The van der Waals surface area contributed by atoms with Crippen LogP contribution in [0.1, 0.15) is 35.4 Å². The number of halogens is 4. The van der Waals surface area contributed by atoms with E-state index in [2.05, 4.69) is 15.6 Å². The van der Waals surface area contributed by atoms with Gasteiger partial charge in [-0.25, -0.2) is 4.99 Å². The molecule has 214 valence electrons. The Labute approximate surface area is 238 Å². The number of benzodiazepines with no additional fused rings is 1. The normalized spacial score (nSPS) is 16.4. The van der Waals surface area contributed by atoms with Crippen LogP contribution < -0.4 is 21.1 Å². The van der Waals surface area contributed by atoms with Crippen molar-refractivity contribution in [2.24, 2.45) is 16.6 Å². The Kier molecular flexibility index (Phi) is 8.97. The molecule has 3 atom stereocenters. The number of nitrogens with one attached hydrogen (secondary N) is 2. The predicted molar refractivity (Wildman–Crippen MR) is 148 cm³/mol. The van der Waals surface area contributed by atoms with Crippen LogP contribution in [-0.2, 0) is 14.4 Å². The number of carbonyl (C=O) groups excluding carboxylic acids is 3. The number of hydrogen-bond donors (Lipinski definition) is 3. The van der Waals surface area contributed by atoms with Gasteiger partial charge in [0.15, 0.2) is 0 Å². The number of ether oxygens (including phenoxy) is 1. The number of alkyl halides is 3. The maximum Gasteiger partial charge on any atom is 0.389 e. The van der Waals surface area contributed by atoms with Gasteiger partial charge in [-0.3, -0.25) is 14.4 Å². The van der Waals surface area contributed by atoms with Gasteiger partial charge in [-0.2, -0.15) is 13.2 Å². The monoisotopic (exact) mass is 586 g/mol. The van der Waals surface area contributed by atoms with E-state index < -0.39 is 54.7 Å². The van der Waals surface area contributed by atoms with Crippen molar-refractivity contribution < 1.29 is 32.3 Å². The summed E-state index contributed by atoms with van der Waals surface area (Å²) in [4.78, 5) is 44.0. The second-order valence-electron chi connectivity index (χ2n) is 9.32. The number of aliphatic imine (C=N–C) groups is 1. The minimum Gasteiger partial charge on any atom is -0.495 e. The molecule has 0 unspecified atom stereocenters. The smallest absolute Gasteiger partial charge is 0.389 e. The Bertz CT molecular complexity index is 1460. The molecule has 0 bridgehead atoms. The molecule has 0 radical (unpaired) electrons. The minimum absolute atomic E-state index is 0.208. The second kappa shape index (κ2) is 12.4. The summed E-state index contributed by atoms with van der Waals surface area (Å²) in [6.07, 6.45) is -8.29. The molecular formula is C29H26ClF3N4O4. The minimum atomic E-state index is -4.61. The standard InChI is InChI=1S/C29H26ClF3N4O4/c1-41-21-9-5-8-20-23(17-6-3-2-4-7-17)35-26(28(40)36-24(20)21)37-27(39)19(14-15-29(31,32)33)22(25(34)38)16-10-12-18(30)13-11-16/h2-13,19,22,26H,14-15H2,1H3,(H2,34,38)(H,36,40)(H,37,39)/t19-,22+,26-/m1/s1. The van der Waals surface area contributed by atoms with E-state index in [4.69, 9.17) is 22.1 Å². The first-order valence-corrected chi connectivity index (χ1v) is 12.9. The lowest BCUT2D eigenvalue weighted by atomic mass is 9.81. The van der Waals surface area contributed by atoms with Crippen LogP contribution in [0.25, 0.3) is 0 Å². The molecule has 0 saturated carbocycles. The quantitative estimate of drug-likeness (QED) is 0.333. The largest absolute Gasteiger partial charge is 0.495 e. The molecule has 3 aromatic rings. The summed E-state index contributed by atoms with van der Waals surface area (Å²) < 4.78 is 45.2. The first kappa shape index (κ1) is 29.6. The summed E-state index contributed by atoms with van der Waals surface area (Å²) in [5.41, 5.74) is 7.57. The lowest BCUT2D eigenvalue weighted by Crippen LogP contribution is -2.47. The van der Waals surface area contributed by atoms with Crippen molar-refractivity contribution in [2.75, 3.05) is 12.4 Å². The van der Waals surface area contributed by atoms with Crippen LogP contribution >= 0.6 is 11.6 Å². The summed E-state index contributed by atoms with van der Waals surface area (Å²) in [5, 5.41) is 5.48. The van der Waals surface area contributed by atoms with Gasteiger partial charge >= 0.3 is 6.18 Å². The van der Waals surface area contributed by atoms with Gasteiger partial charge in [0, 0.05) is 22.6 Å². The fraction of sp³-hybridized carbons (Fsp3) is 0.241. The van der Waals surface area contributed by atoms with Gasteiger partial charge < -0.3 is 21.1 Å². The molecule has 12 heteroatoms. The zero-order valence-electron chi connectivity index (χ0n) is 21.7. The number of fused-ring (bicyclic) bond motifs is 1. The molecule has 0 fully saturated rings. The van der Waals surface area contributed by atoms with Crippen LogP contribution in [0.5, 0.6) is 5.75 Å². The number of hydrogen-bond acceptors (Lipinski definition) is 5. The molecule has 4 N–H and O–H groups in total. The van der Waals surface area contributed by atoms with Crippen molar-refractivity contribution >= 4 is 40.7 Å². The predicted octanol–water partition coefficient (Wildman–Crippen LogP) is 4.81. The van der Waals surface area contributed by atoms with Gasteiger partial charge in [0.1, 0.15) is 5.75 Å². The third-order valence-corrected chi connectivity index (χ3v) is 6.85. The summed E-state index contributed by atoms with van der Waals surface area (Å²) >= 11 is 5.93. The molecule has 4 rings (SSSR count). The number of amides is 3. The van der Waals surface area contributed by atoms with Crippen LogP contribution in [0.15, 0.2) is 77.8 Å². The average Bonchev–Trinajstić information content (AvgIpc) is 3.07. The molecule has 3 amide bonds. The Balaban J connectivity index is 1.75. The number of anilines is 1. The molecule has 41 heavy (non-hydrogen) atoms. The molecule has 1 aliphatic rings. The van der Waals surface area contributed by atoms with Gasteiger partial charge in [0.2, 0.25) is 18.0 Å². The number of nitrogens with zero attached hydrogens (tertiary/aromatic N) is 1. The van der Waals surface area contributed by atoms with Gasteiger partial charge in [0.25, 0.3) is 5.91 Å². The van der Waals surface area contributed by atoms with Gasteiger partial charge in [-0.1, -0.05) is 66.2 Å². The molecule has 0 aromatic heterocycles. The highest BCUT2D eigenvalue weighted by molar-refractivity contribution is 6.30. The lowest BCUT2D eigenvalue weighted by molar-refractivity contribution is -0.144.